The molecule has 0 spiro atoms. The van der Waals surface area contributed by atoms with Gasteiger partial charge in [0.2, 0.25) is 5.91 Å². The van der Waals surface area contributed by atoms with E-state index in [0.29, 0.717) is 26.3 Å². The lowest BCUT2D eigenvalue weighted by Crippen LogP contribution is -2.54. The summed E-state index contributed by atoms with van der Waals surface area (Å²) in [7, 11) is -3.75. The molecular weight excluding hydrogens is 504 g/mol. The fraction of sp³-hybridized carbons (Fsp3) is 0.462. The monoisotopic (exact) mass is 535 g/mol. The molecular formula is C26H31F2N3O5S. The number of halogens is 2. The van der Waals surface area contributed by atoms with Gasteiger partial charge in [-0.2, -0.15) is 0 Å². The smallest absolute Gasteiger partial charge is 0.251 e. The van der Waals surface area contributed by atoms with E-state index in [1.165, 1.54) is 29.2 Å². The Morgan fingerprint density at radius 2 is 1.65 bits per heavy atom. The first kappa shape index (κ1) is 27.2. The van der Waals surface area contributed by atoms with Gasteiger partial charge in [-0.05, 0) is 55.3 Å². The number of nitrogens with zero attached hydrogens (tertiary/aromatic N) is 1. The topological polar surface area (TPSA) is 105 Å². The Bertz CT molecular complexity index is 1220. The predicted molar refractivity (Wildman–Crippen MR) is 134 cm³/mol. The van der Waals surface area contributed by atoms with Crippen molar-refractivity contribution in [2.75, 3.05) is 44.4 Å². The molecule has 4 rings (SSSR count). The molecule has 0 aromatic heterocycles. The van der Waals surface area contributed by atoms with Crippen LogP contribution >= 0.6 is 0 Å². The molecule has 0 radical (unpaired) electrons. The number of nitrogens with one attached hydrogen (secondary N) is 2. The maximum Gasteiger partial charge on any atom is 0.251 e. The summed E-state index contributed by atoms with van der Waals surface area (Å²) < 4.78 is 57.7. The van der Waals surface area contributed by atoms with Crippen molar-refractivity contribution in [3.63, 3.8) is 0 Å². The zero-order chi connectivity index (χ0) is 26.6. The summed E-state index contributed by atoms with van der Waals surface area (Å²) >= 11 is 0. The highest BCUT2D eigenvalue weighted by molar-refractivity contribution is 7.91. The molecule has 8 nitrogen and oxygen atoms in total. The molecule has 1 heterocycles. The first-order valence-corrected chi connectivity index (χ1v) is 14.0. The minimum Gasteiger partial charge on any atom is -0.378 e. The number of hydrogen-bond acceptors (Lipinski definition) is 6. The molecule has 0 unspecified atom stereocenters. The fourth-order valence-corrected chi connectivity index (χ4v) is 5.91. The van der Waals surface area contributed by atoms with E-state index in [2.05, 4.69) is 10.6 Å². The molecule has 3 atom stereocenters. The standard InChI is InChI=1S/C26H31F2N3O5S/c1-26(16-22(26)18-2-6-20(27)7-3-18)29-10-15-37(34,35)17-23(25(33)31-11-13-36-14-12-31)30-24(32)19-4-8-21(28)9-5-19/h2-9,22-23,29H,10-17H2,1H3,(H,30,32)/t22-,23-,26+/m0/s1. The first-order chi connectivity index (χ1) is 17.6. The minimum atomic E-state index is -3.75. The van der Waals surface area contributed by atoms with Gasteiger partial charge in [-0.3, -0.25) is 9.59 Å². The molecule has 200 valence electrons. The Morgan fingerprint density at radius 1 is 1.05 bits per heavy atom. The van der Waals surface area contributed by atoms with Crippen LogP contribution in [0.15, 0.2) is 48.5 Å². The van der Waals surface area contributed by atoms with Crippen molar-refractivity contribution in [3.8, 4) is 0 Å². The highest BCUT2D eigenvalue weighted by atomic mass is 32.2. The van der Waals surface area contributed by atoms with E-state index in [1.807, 2.05) is 6.92 Å². The minimum absolute atomic E-state index is 0.119. The van der Waals surface area contributed by atoms with E-state index < -0.39 is 39.3 Å². The lowest BCUT2D eigenvalue weighted by Gasteiger charge is -2.30. The summed E-state index contributed by atoms with van der Waals surface area (Å²) in [5, 5.41) is 5.82. The predicted octanol–water partition coefficient (Wildman–Crippen LogP) is 1.87. The van der Waals surface area contributed by atoms with E-state index in [4.69, 9.17) is 4.74 Å². The SMILES string of the molecule is C[C@@]1(NCCS(=O)(=O)C[C@H](NC(=O)c2ccc(F)cc2)C(=O)N2CCOCC2)C[C@H]1c1ccc(F)cc1. The lowest BCUT2D eigenvalue weighted by molar-refractivity contribution is -0.136. The second-order valence-electron chi connectivity index (χ2n) is 9.74. The van der Waals surface area contributed by atoms with Crippen molar-refractivity contribution >= 4 is 21.7 Å². The Labute approximate surface area is 215 Å². The van der Waals surface area contributed by atoms with Gasteiger partial charge >= 0.3 is 0 Å². The Hall–Kier alpha value is -2.89. The Kier molecular flexibility index (Phi) is 8.25. The molecule has 2 aromatic carbocycles. The molecule has 37 heavy (non-hydrogen) atoms. The summed E-state index contributed by atoms with van der Waals surface area (Å²) in [6.45, 7) is 3.41. The summed E-state index contributed by atoms with van der Waals surface area (Å²) in [5.74, 6) is -2.61. The summed E-state index contributed by atoms with van der Waals surface area (Å²) in [6, 6.07) is 9.77. The third-order valence-electron chi connectivity index (χ3n) is 6.90. The molecule has 1 aliphatic heterocycles. The summed E-state index contributed by atoms with van der Waals surface area (Å²) in [5.41, 5.74) is 0.806. The second-order valence-corrected chi connectivity index (χ2v) is 12.0. The van der Waals surface area contributed by atoms with Crippen molar-refractivity contribution in [3.05, 3.63) is 71.3 Å². The molecule has 11 heteroatoms. The number of hydrogen-bond donors (Lipinski definition) is 2. The van der Waals surface area contributed by atoms with Crippen molar-refractivity contribution in [1.29, 1.82) is 0 Å². The van der Waals surface area contributed by atoms with Crippen molar-refractivity contribution in [2.45, 2.75) is 30.8 Å². The summed E-state index contributed by atoms with van der Waals surface area (Å²) in [6.07, 6.45) is 0.796. The molecule has 1 aliphatic carbocycles. The van der Waals surface area contributed by atoms with Crippen molar-refractivity contribution in [2.24, 2.45) is 0 Å². The number of sulfone groups is 1. The van der Waals surface area contributed by atoms with E-state index in [0.717, 1.165) is 24.1 Å². The van der Waals surface area contributed by atoms with Crippen LogP contribution in [0.3, 0.4) is 0 Å². The summed E-state index contributed by atoms with van der Waals surface area (Å²) in [4.78, 5) is 27.4. The molecule has 1 saturated carbocycles. The maximum absolute atomic E-state index is 13.2. The second kappa shape index (κ2) is 11.2. The third-order valence-corrected chi connectivity index (χ3v) is 8.57. The largest absolute Gasteiger partial charge is 0.378 e. The van der Waals surface area contributed by atoms with E-state index in [1.54, 1.807) is 12.1 Å². The molecule has 2 amide bonds. The highest BCUT2D eigenvalue weighted by Crippen LogP contribution is 2.50. The first-order valence-electron chi connectivity index (χ1n) is 12.2. The van der Waals surface area contributed by atoms with Gasteiger partial charge in [0.15, 0.2) is 9.84 Å². The lowest BCUT2D eigenvalue weighted by atomic mass is 10.1. The zero-order valence-corrected chi connectivity index (χ0v) is 21.4. The Balaban J connectivity index is 1.37. The number of morpholine rings is 1. The van der Waals surface area contributed by atoms with Crippen molar-refractivity contribution in [1.82, 2.24) is 15.5 Å². The number of benzene rings is 2. The van der Waals surface area contributed by atoms with Crippen LogP contribution in [0.4, 0.5) is 8.78 Å². The van der Waals surface area contributed by atoms with E-state index in [-0.39, 0.29) is 35.1 Å². The quantitative estimate of drug-likeness (QED) is 0.482. The van der Waals surface area contributed by atoms with E-state index >= 15 is 0 Å². The maximum atomic E-state index is 13.2. The van der Waals surface area contributed by atoms with E-state index in [9.17, 15) is 26.8 Å². The van der Waals surface area contributed by atoms with Gasteiger partial charge in [-0.1, -0.05) is 12.1 Å². The van der Waals surface area contributed by atoms with Gasteiger partial charge in [0.05, 0.1) is 24.7 Å². The van der Waals surface area contributed by atoms with Crippen LogP contribution in [0.2, 0.25) is 0 Å². The number of carbonyl (C=O) groups is 2. The van der Waals surface area contributed by atoms with Crippen molar-refractivity contribution < 1.29 is 31.5 Å². The van der Waals surface area contributed by atoms with Gasteiger partial charge in [0.1, 0.15) is 17.7 Å². The van der Waals surface area contributed by atoms with Gasteiger partial charge in [0.25, 0.3) is 5.91 Å². The molecule has 2 aliphatic rings. The van der Waals surface area contributed by atoms with Crippen LogP contribution in [-0.2, 0) is 19.4 Å². The number of amides is 2. The average Bonchev–Trinajstić information content (AvgIpc) is 3.55. The third kappa shape index (κ3) is 7.12. The van der Waals surface area contributed by atoms with Crippen LogP contribution in [0.25, 0.3) is 0 Å². The van der Waals surface area contributed by atoms with Gasteiger partial charge in [0, 0.05) is 36.7 Å². The average molecular weight is 536 g/mol. The molecule has 0 bridgehead atoms. The molecule has 1 saturated heterocycles. The van der Waals surface area contributed by atoms with Crippen LogP contribution in [0.1, 0.15) is 35.2 Å². The number of carbonyl (C=O) groups excluding carboxylic acids is 2. The van der Waals surface area contributed by atoms with Crippen LogP contribution in [0.5, 0.6) is 0 Å². The molecule has 2 N–H and O–H groups in total. The van der Waals surface area contributed by atoms with Gasteiger partial charge in [-0.15, -0.1) is 0 Å². The van der Waals surface area contributed by atoms with Gasteiger partial charge < -0.3 is 20.3 Å². The van der Waals surface area contributed by atoms with Gasteiger partial charge in [-0.25, -0.2) is 17.2 Å². The molecule has 2 fully saturated rings. The van der Waals surface area contributed by atoms with Crippen LogP contribution < -0.4 is 10.6 Å². The fourth-order valence-electron chi connectivity index (χ4n) is 4.59. The van der Waals surface area contributed by atoms with Crippen LogP contribution in [-0.4, -0.2) is 81.1 Å². The van der Waals surface area contributed by atoms with Crippen LogP contribution in [0, 0.1) is 11.6 Å². The number of ether oxygens (including phenoxy) is 1. The number of rotatable bonds is 10. The molecule has 2 aromatic rings. The Morgan fingerprint density at radius 3 is 2.27 bits per heavy atom. The highest BCUT2D eigenvalue weighted by Gasteiger charge is 2.50. The normalized spacial score (nSPS) is 22.4. The zero-order valence-electron chi connectivity index (χ0n) is 20.6.